The molecule has 0 aliphatic carbocycles. The van der Waals surface area contributed by atoms with Gasteiger partial charge in [-0.15, -0.1) is 29.7 Å². The monoisotopic (exact) mass is 915 g/mol. The summed E-state index contributed by atoms with van der Waals surface area (Å²) in [4.78, 5) is 4.84. The van der Waals surface area contributed by atoms with E-state index in [0.29, 0.717) is 11.5 Å². The van der Waals surface area contributed by atoms with E-state index in [1.54, 1.807) is 0 Å². The summed E-state index contributed by atoms with van der Waals surface area (Å²) in [6.45, 7) is 20.3. The van der Waals surface area contributed by atoms with Gasteiger partial charge in [-0.3, -0.25) is 4.57 Å². The molecule has 0 atom stereocenters. The summed E-state index contributed by atoms with van der Waals surface area (Å²) in [5.74, 6) is 2.06. The van der Waals surface area contributed by atoms with Crippen molar-refractivity contribution < 1.29 is 30.4 Å². The van der Waals surface area contributed by atoms with Gasteiger partial charge in [-0.2, -0.15) is 18.2 Å². The van der Waals surface area contributed by atoms with Crippen molar-refractivity contribution in [2.75, 3.05) is 0 Å². The van der Waals surface area contributed by atoms with E-state index in [2.05, 4.69) is 198 Å². The molecule has 3 aromatic heterocycles. The average Bonchev–Trinajstić information content (AvgIpc) is 3.73. The van der Waals surface area contributed by atoms with Crippen LogP contribution in [-0.2, 0) is 37.3 Å². The number of imidazole rings is 1. The second kappa shape index (κ2) is 14.7. The third-order valence-corrected chi connectivity index (χ3v) is 10.1. The predicted octanol–water partition coefficient (Wildman–Crippen LogP) is 12.0. The van der Waals surface area contributed by atoms with Crippen molar-refractivity contribution in [3.63, 3.8) is 0 Å². The molecular weight excluding hydrogens is 868 g/mol. The summed E-state index contributed by atoms with van der Waals surface area (Å²) in [6.07, 6.45) is 5.65. The SMILES string of the molecule is CC(C)(C)c1ccnc(-n2c3[c-]c(Oc4[c-]c(-n5[c-][n+](-c6ccc(-c7ccccc7)cc6)c(C(C)(C)C)c5C(C)(C)C)ccc4)ccc3c3ccccc32)c1.[Pt]. The van der Waals surface area contributed by atoms with Gasteiger partial charge >= 0.3 is 0 Å². The van der Waals surface area contributed by atoms with Crippen molar-refractivity contribution in [3.05, 3.63) is 163 Å². The molecule has 5 aromatic carbocycles. The molecule has 286 valence electrons. The van der Waals surface area contributed by atoms with E-state index in [0.717, 1.165) is 39.0 Å². The van der Waals surface area contributed by atoms with Gasteiger partial charge in [0.05, 0.1) is 17.1 Å². The first kappa shape index (κ1) is 39.0. The number of fused-ring (bicyclic) bond motifs is 3. The topological polar surface area (TPSA) is 35.9 Å². The fraction of sp³-hybridized carbons (Fsp3) is 0.240. The molecule has 56 heavy (non-hydrogen) atoms. The smallest absolute Gasteiger partial charge is 0.267 e. The Bertz CT molecular complexity index is 2670. The molecule has 0 radical (unpaired) electrons. The largest absolute Gasteiger partial charge is 0.510 e. The number of rotatable bonds is 6. The van der Waals surface area contributed by atoms with Crippen LogP contribution >= 0.6 is 0 Å². The minimum Gasteiger partial charge on any atom is -0.510 e. The number of aromatic nitrogens is 4. The zero-order chi connectivity index (χ0) is 38.7. The maximum atomic E-state index is 6.60. The molecule has 8 aromatic rings. The van der Waals surface area contributed by atoms with Crippen molar-refractivity contribution in [1.29, 1.82) is 0 Å². The molecule has 0 bridgehead atoms. The molecule has 6 heteroatoms. The Morgan fingerprint density at radius 1 is 0.607 bits per heavy atom. The van der Waals surface area contributed by atoms with Gasteiger partial charge in [0.15, 0.2) is 0 Å². The first-order chi connectivity index (χ1) is 26.2. The minimum atomic E-state index is -0.205. The van der Waals surface area contributed by atoms with Crippen LogP contribution in [0.2, 0.25) is 0 Å². The number of benzene rings is 5. The van der Waals surface area contributed by atoms with Gasteiger partial charge < -0.3 is 13.9 Å². The van der Waals surface area contributed by atoms with Gasteiger partial charge in [-0.25, -0.2) is 4.98 Å². The van der Waals surface area contributed by atoms with Crippen molar-refractivity contribution in [2.45, 2.75) is 78.6 Å². The molecule has 0 spiro atoms. The molecule has 0 amide bonds. The summed E-state index contributed by atoms with van der Waals surface area (Å²) >= 11 is 0. The molecule has 8 rings (SSSR count). The molecule has 0 fully saturated rings. The maximum absolute atomic E-state index is 6.60. The molecule has 0 saturated carbocycles. The zero-order valence-corrected chi connectivity index (χ0v) is 35.9. The Kier molecular flexibility index (Phi) is 10.2. The number of para-hydroxylation sites is 1. The number of pyridine rings is 1. The van der Waals surface area contributed by atoms with Crippen molar-refractivity contribution in [1.82, 2.24) is 14.1 Å². The van der Waals surface area contributed by atoms with Crippen molar-refractivity contribution in [2.24, 2.45) is 0 Å². The molecule has 0 aliphatic rings. The Morgan fingerprint density at radius 3 is 1.98 bits per heavy atom. The van der Waals surface area contributed by atoms with Crippen LogP contribution in [0, 0.1) is 18.5 Å². The van der Waals surface area contributed by atoms with E-state index < -0.39 is 0 Å². The van der Waals surface area contributed by atoms with Crippen LogP contribution in [0.15, 0.2) is 128 Å². The van der Waals surface area contributed by atoms with E-state index in [-0.39, 0.29) is 37.3 Å². The first-order valence-corrected chi connectivity index (χ1v) is 19.1. The van der Waals surface area contributed by atoms with Gasteiger partial charge in [-0.05, 0) is 74.3 Å². The molecule has 0 unspecified atom stereocenters. The molecular formula is C50H48N4OPt-2. The summed E-state index contributed by atoms with van der Waals surface area (Å²) in [5.41, 5.74) is 9.47. The second-order valence-electron chi connectivity index (χ2n) is 17.5. The van der Waals surface area contributed by atoms with E-state index >= 15 is 0 Å². The summed E-state index contributed by atoms with van der Waals surface area (Å²) in [7, 11) is 0. The molecule has 0 saturated heterocycles. The Hall–Kier alpha value is -5.25. The van der Waals surface area contributed by atoms with Crippen LogP contribution in [0.1, 0.15) is 79.3 Å². The number of hydrogen-bond donors (Lipinski definition) is 0. The van der Waals surface area contributed by atoms with Crippen LogP contribution < -0.4 is 9.30 Å². The van der Waals surface area contributed by atoms with Gasteiger partial charge in [0.2, 0.25) is 0 Å². The van der Waals surface area contributed by atoms with Gasteiger partial charge in [0, 0.05) is 44.3 Å². The Labute approximate surface area is 345 Å². The van der Waals surface area contributed by atoms with Crippen LogP contribution in [0.4, 0.5) is 0 Å². The molecule has 3 heterocycles. The summed E-state index contributed by atoms with van der Waals surface area (Å²) in [5, 5.41) is 2.24. The summed E-state index contributed by atoms with van der Waals surface area (Å²) in [6, 6.07) is 49.4. The van der Waals surface area contributed by atoms with E-state index in [1.807, 2.05) is 24.4 Å². The van der Waals surface area contributed by atoms with Crippen molar-refractivity contribution in [3.8, 4) is 39.8 Å². The second-order valence-corrected chi connectivity index (χ2v) is 17.5. The average molecular weight is 916 g/mol. The molecule has 0 N–H and O–H groups in total. The van der Waals surface area contributed by atoms with E-state index in [9.17, 15) is 0 Å². The van der Waals surface area contributed by atoms with E-state index in [4.69, 9.17) is 9.72 Å². The Morgan fingerprint density at radius 2 is 1.29 bits per heavy atom. The van der Waals surface area contributed by atoms with E-state index in [1.165, 1.54) is 28.1 Å². The first-order valence-electron chi connectivity index (χ1n) is 19.1. The van der Waals surface area contributed by atoms with Crippen LogP contribution in [-0.4, -0.2) is 14.1 Å². The van der Waals surface area contributed by atoms with Crippen molar-refractivity contribution >= 4 is 21.8 Å². The van der Waals surface area contributed by atoms with Gasteiger partial charge in [0.25, 0.3) is 6.33 Å². The molecule has 0 aliphatic heterocycles. The van der Waals surface area contributed by atoms with Crippen LogP contribution in [0.3, 0.4) is 0 Å². The number of nitrogens with zero attached hydrogens (tertiary/aromatic N) is 4. The standard InChI is InChI=1S/C50H48N4O.Pt/c1-48(2,3)36-28-29-51-45(30-36)54-43-21-14-13-20-41(43)42-27-26-40(32-44(42)54)55-39-19-15-18-38(31-39)53-33-52(46(49(4,5)6)47(53)50(7,8)9)37-24-22-35(23-25-37)34-16-11-10-12-17-34;/h10-30H,1-9H3;/q-2;. The minimum absolute atomic E-state index is 0. The summed E-state index contributed by atoms with van der Waals surface area (Å²) < 4.78 is 13.2. The third-order valence-electron chi connectivity index (χ3n) is 10.1. The Balaban J connectivity index is 0.00000480. The van der Waals surface area contributed by atoms with Gasteiger partial charge in [0.1, 0.15) is 5.82 Å². The fourth-order valence-electron chi connectivity index (χ4n) is 7.51. The third kappa shape index (κ3) is 7.38. The predicted molar refractivity (Wildman–Crippen MR) is 224 cm³/mol. The maximum Gasteiger partial charge on any atom is 0.267 e. The number of ether oxygens (including phenoxy) is 1. The zero-order valence-electron chi connectivity index (χ0n) is 33.6. The van der Waals surface area contributed by atoms with Crippen LogP contribution in [0.5, 0.6) is 11.5 Å². The number of hydrogen-bond acceptors (Lipinski definition) is 2. The normalized spacial score (nSPS) is 12.2. The molecule has 5 nitrogen and oxygen atoms in total. The fourth-order valence-corrected chi connectivity index (χ4v) is 7.51. The quantitative estimate of drug-likeness (QED) is 0.123. The van der Waals surface area contributed by atoms with Gasteiger partial charge in [-0.1, -0.05) is 128 Å². The van der Waals surface area contributed by atoms with Crippen LogP contribution in [0.25, 0.3) is 50.1 Å².